The van der Waals surface area contributed by atoms with Crippen molar-refractivity contribution in [3.63, 3.8) is 0 Å². The predicted octanol–water partition coefficient (Wildman–Crippen LogP) is 0.507. The Morgan fingerprint density at radius 1 is 1.64 bits per heavy atom. The zero-order valence-electron chi connectivity index (χ0n) is 8.96. The molecule has 0 heterocycles. The van der Waals surface area contributed by atoms with Gasteiger partial charge in [-0.1, -0.05) is 19.8 Å². The molecule has 0 aliphatic carbocycles. The lowest BCUT2D eigenvalue weighted by Gasteiger charge is -2.21. The molecule has 0 saturated heterocycles. The third kappa shape index (κ3) is 5.94. The highest BCUT2D eigenvalue weighted by atomic mass is 16.2. The average Bonchev–Trinajstić information content (AvgIpc) is 2.19. The van der Waals surface area contributed by atoms with Gasteiger partial charge < -0.3 is 5.73 Å². The summed E-state index contributed by atoms with van der Waals surface area (Å²) in [4.78, 5) is 11.5. The first-order valence-electron chi connectivity index (χ1n) is 5.13. The molecule has 0 aromatic heterocycles. The summed E-state index contributed by atoms with van der Waals surface area (Å²) in [7, 11) is 0. The van der Waals surface area contributed by atoms with Crippen molar-refractivity contribution in [2.24, 2.45) is 5.73 Å². The number of nitrogens with two attached hydrogens (primary N) is 1. The lowest BCUT2D eigenvalue weighted by molar-refractivity contribution is -0.130. The summed E-state index contributed by atoms with van der Waals surface area (Å²) in [5.74, 6) is 0.0226. The van der Waals surface area contributed by atoms with E-state index in [1.54, 1.807) is 11.4 Å². The topological polar surface area (TPSA) is 58.4 Å². The van der Waals surface area contributed by atoms with Crippen molar-refractivity contribution in [2.75, 3.05) is 19.6 Å². The number of hydrazine groups is 1. The molecule has 4 heteroatoms. The highest BCUT2D eigenvalue weighted by Gasteiger charge is 2.09. The summed E-state index contributed by atoms with van der Waals surface area (Å²) in [6.45, 7) is 7.46. The Morgan fingerprint density at radius 2 is 2.36 bits per heavy atom. The molecule has 0 spiro atoms. The van der Waals surface area contributed by atoms with Crippen LogP contribution in [-0.4, -0.2) is 30.6 Å². The lowest BCUT2D eigenvalue weighted by Crippen LogP contribution is -2.44. The molecule has 82 valence electrons. The van der Waals surface area contributed by atoms with Crippen LogP contribution >= 0.6 is 0 Å². The fourth-order valence-corrected chi connectivity index (χ4v) is 1.03. The molecule has 0 fully saturated rings. The van der Waals surface area contributed by atoms with Gasteiger partial charge in [0.15, 0.2) is 0 Å². The van der Waals surface area contributed by atoms with Crippen molar-refractivity contribution in [1.82, 2.24) is 10.4 Å². The van der Waals surface area contributed by atoms with Crippen molar-refractivity contribution >= 4 is 5.91 Å². The lowest BCUT2D eigenvalue weighted by atomic mass is 10.2. The van der Waals surface area contributed by atoms with Crippen LogP contribution in [0.3, 0.4) is 0 Å². The van der Waals surface area contributed by atoms with Crippen LogP contribution in [0, 0.1) is 13.3 Å². The van der Waals surface area contributed by atoms with Crippen LogP contribution in [0.4, 0.5) is 0 Å². The van der Waals surface area contributed by atoms with E-state index in [-0.39, 0.29) is 5.91 Å². The van der Waals surface area contributed by atoms with Crippen LogP contribution in [0.2, 0.25) is 0 Å². The number of nitrogens with zero attached hydrogens (tertiary/aromatic N) is 1. The fourth-order valence-electron chi connectivity index (χ4n) is 1.03. The van der Waals surface area contributed by atoms with Crippen molar-refractivity contribution in [3.8, 4) is 0 Å². The van der Waals surface area contributed by atoms with Gasteiger partial charge in [-0.3, -0.25) is 9.80 Å². The number of rotatable bonds is 8. The van der Waals surface area contributed by atoms with E-state index in [4.69, 9.17) is 5.73 Å². The zero-order valence-corrected chi connectivity index (χ0v) is 8.96. The molecule has 0 saturated carbocycles. The second-order valence-corrected chi connectivity index (χ2v) is 2.98. The molecule has 0 aromatic rings. The van der Waals surface area contributed by atoms with Gasteiger partial charge in [-0.2, -0.15) is 0 Å². The maximum absolute atomic E-state index is 11.5. The minimum absolute atomic E-state index is 0.0226. The molecule has 0 aliphatic rings. The SMILES string of the molecule is [CH2]CCC[CH]C(=O)N(CC)NCCN. The van der Waals surface area contributed by atoms with Gasteiger partial charge in [0.05, 0.1) is 6.42 Å². The molecule has 0 atom stereocenters. The third-order valence-electron chi connectivity index (χ3n) is 1.80. The molecular weight excluding hydrogens is 178 g/mol. The normalized spacial score (nSPS) is 10.2. The Hall–Kier alpha value is -0.610. The summed E-state index contributed by atoms with van der Waals surface area (Å²) in [5, 5.41) is 1.58. The van der Waals surface area contributed by atoms with Crippen LogP contribution in [-0.2, 0) is 4.79 Å². The minimum Gasteiger partial charge on any atom is -0.329 e. The van der Waals surface area contributed by atoms with Gasteiger partial charge in [-0.05, 0) is 13.3 Å². The molecule has 0 rings (SSSR count). The van der Waals surface area contributed by atoms with E-state index in [2.05, 4.69) is 12.3 Å². The number of carbonyl (C=O) groups excluding carboxylic acids is 1. The molecule has 0 aromatic carbocycles. The van der Waals surface area contributed by atoms with Crippen molar-refractivity contribution < 1.29 is 4.79 Å². The highest BCUT2D eigenvalue weighted by Crippen LogP contribution is 1.99. The Bertz CT molecular complexity index is 150. The number of nitrogens with one attached hydrogen (secondary N) is 1. The van der Waals surface area contributed by atoms with E-state index >= 15 is 0 Å². The maximum Gasteiger partial charge on any atom is 0.240 e. The second kappa shape index (κ2) is 8.97. The van der Waals surface area contributed by atoms with Crippen LogP contribution in [0.5, 0.6) is 0 Å². The largest absolute Gasteiger partial charge is 0.329 e. The van der Waals surface area contributed by atoms with Gasteiger partial charge in [0, 0.05) is 19.6 Å². The van der Waals surface area contributed by atoms with E-state index < -0.39 is 0 Å². The van der Waals surface area contributed by atoms with E-state index in [1.807, 2.05) is 6.92 Å². The summed E-state index contributed by atoms with van der Waals surface area (Å²) in [5.41, 5.74) is 8.29. The molecule has 0 aliphatic heterocycles. The van der Waals surface area contributed by atoms with Gasteiger partial charge >= 0.3 is 0 Å². The Kier molecular flexibility index (Phi) is 8.57. The molecule has 4 nitrogen and oxygen atoms in total. The first kappa shape index (κ1) is 13.4. The summed E-state index contributed by atoms with van der Waals surface area (Å²) in [6.07, 6.45) is 4.31. The third-order valence-corrected chi connectivity index (χ3v) is 1.80. The second-order valence-electron chi connectivity index (χ2n) is 2.98. The number of carbonyl (C=O) groups is 1. The van der Waals surface area contributed by atoms with Gasteiger partial charge in [0.25, 0.3) is 0 Å². The fraction of sp³-hybridized carbons (Fsp3) is 0.700. The Labute approximate surface area is 86.8 Å². The molecule has 0 unspecified atom stereocenters. The quantitative estimate of drug-likeness (QED) is 0.442. The number of hydrogen-bond acceptors (Lipinski definition) is 3. The smallest absolute Gasteiger partial charge is 0.240 e. The molecule has 3 N–H and O–H groups in total. The van der Waals surface area contributed by atoms with Crippen molar-refractivity contribution in [1.29, 1.82) is 0 Å². The number of unbranched alkanes of at least 4 members (excludes halogenated alkanes) is 2. The first-order valence-corrected chi connectivity index (χ1v) is 5.13. The monoisotopic (exact) mass is 199 g/mol. The minimum atomic E-state index is 0.0226. The Morgan fingerprint density at radius 3 is 2.86 bits per heavy atom. The first-order chi connectivity index (χ1) is 6.76. The maximum atomic E-state index is 11.5. The zero-order chi connectivity index (χ0) is 10.8. The van der Waals surface area contributed by atoms with Gasteiger partial charge in [0.2, 0.25) is 5.91 Å². The van der Waals surface area contributed by atoms with Gasteiger partial charge in [-0.25, -0.2) is 5.43 Å². The van der Waals surface area contributed by atoms with E-state index in [0.717, 1.165) is 19.3 Å². The van der Waals surface area contributed by atoms with E-state index in [1.165, 1.54) is 0 Å². The van der Waals surface area contributed by atoms with E-state index in [0.29, 0.717) is 19.6 Å². The highest BCUT2D eigenvalue weighted by molar-refractivity contribution is 5.84. The standard InChI is InChI=1S/C10H21N3O/c1-3-5-6-7-10(14)13(4-2)12-9-8-11/h7,12H,1,3-6,8-9,11H2,2H3. The summed E-state index contributed by atoms with van der Waals surface area (Å²) in [6, 6.07) is 0. The van der Waals surface area contributed by atoms with E-state index in [9.17, 15) is 4.79 Å². The molecule has 2 radical (unpaired) electrons. The van der Waals surface area contributed by atoms with Crippen LogP contribution in [0.15, 0.2) is 0 Å². The van der Waals surface area contributed by atoms with Gasteiger partial charge in [0.1, 0.15) is 0 Å². The van der Waals surface area contributed by atoms with Crippen LogP contribution < -0.4 is 11.2 Å². The summed E-state index contributed by atoms with van der Waals surface area (Å²) >= 11 is 0. The van der Waals surface area contributed by atoms with Gasteiger partial charge in [-0.15, -0.1) is 0 Å². The molecule has 14 heavy (non-hydrogen) atoms. The molecule has 0 bridgehead atoms. The predicted molar refractivity (Wildman–Crippen MR) is 58.0 cm³/mol. The molecular formula is C10H21N3O. The van der Waals surface area contributed by atoms with Crippen LogP contribution in [0.25, 0.3) is 0 Å². The number of amides is 1. The van der Waals surface area contributed by atoms with Crippen molar-refractivity contribution in [2.45, 2.75) is 26.2 Å². The molecule has 1 amide bonds. The number of hydrogen-bond donors (Lipinski definition) is 2. The average molecular weight is 199 g/mol. The summed E-state index contributed by atoms with van der Waals surface area (Å²) < 4.78 is 0. The van der Waals surface area contributed by atoms with Crippen molar-refractivity contribution in [3.05, 3.63) is 13.3 Å². The van der Waals surface area contributed by atoms with Crippen LogP contribution in [0.1, 0.15) is 26.2 Å². The Balaban J connectivity index is 3.67.